The lowest BCUT2D eigenvalue weighted by molar-refractivity contribution is -0.143. The molecule has 2 aliphatic rings. The molecule has 0 N–H and O–H groups in total. The molecule has 0 saturated carbocycles. The van der Waals surface area contributed by atoms with Crippen molar-refractivity contribution >= 4 is 33.6 Å². The van der Waals surface area contributed by atoms with Gasteiger partial charge in [-0.25, -0.2) is 4.79 Å². The maximum atomic E-state index is 12.3. The Bertz CT molecular complexity index is 1190. The Morgan fingerprint density at radius 3 is 2.05 bits per heavy atom. The first-order chi connectivity index (χ1) is 18.3. The predicted octanol–water partition coefficient (Wildman–Crippen LogP) is 8.41. The molecule has 6 nitrogen and oxygen atoms in total. The Labute approximate surface area is 239 Å². The van der Waals surface area contributed by atoms with Gasteiger partial charge in [0, 0.05) is 22.1 Å². The highest BCUT2D eigenvalue weighted by atomic mass is 79.9. The molecule has 212 valence electrons. The van der Waals surface area contributed by atoms with Gasteiger partial charge in [0.2, 0.25) is 0 Å². The number of amides is 1. The molecule has 1 amide bonds. The van der Waals surface area contributed by atoms with Crippen molar-refractivity contribution < 1.29 is 28.5 Å². The molecule has 0 atom stereocenters. The first kappa shape index (κ1) is 30.7. The molecule has 0 radical (unpaired) electrons. The van der Waals surface area contributed by atoms with Crippen LogP contribution in [-0.4, -0.2) is 35.7 Å². The van der Waals surface area contributed by atoms with Gasteiger partial charge in [-0.1, -0.05) is 34.1 Å². The standard InChI is InChI=1S/C22H22BrFO3.C9H17NO2/c1-22(2,3)21(25)26-17-11-12-18-15(13-17)5-4-6-19(23)20(18)14-7-9-16(27-24)10-8-14;1-9(2,3)12-8(11)10-6-4-5-7-10/h7-13H,4-6H2,1-3H3;4-7H2,1-3H3. The highest BCUT2D eigenvalue weighted by Crippen LogP contribution is 2.39. The van der Waals surface area contributed by atoms with Crippen LogP contribution in [0.4, 0.5) is 9.32 Å². The maximum Gasteiger partial charge on any atom is 0.410 e. The lowest BCUT2D eigenvalue weighted by Gasteiger charge is -2.23. The van der Waals surface area contributed by atoms with Crippen molar-refractivity contribution in [3.8, 4) is 11.5 Å². The van der Waals surface area contributed by atoms with Crippen molar-refractivity contribution in [2.24, 2.45) is 5.41 Å². The normalized spacial score (nSPS) is 15.5. The molecule has 0 unspecified atom stereocenters. The lowest BCUT2D eigenvalue weighted by Crippen LogP contribution is -2.34. The van der Waals surface area contributed by atoms with Gasteiger partial charge in [-0.3, -0.25) is 9.74 Å². The molecule has 1 aliphatic heterocycles. The van der Waals surface area contributed by atoms with Crippen LogP contribution in [-0.2, 0) is 16.0 Å². The molecule has 1 saturated heterocycles. The zero-order valence-corrected chi connectivity index (χ0v) is 25.3. The third-order valence-electron chi connectivity index (χ3n) is 6.27. The van der Waals surface area contributed by atoms with E-state index in [-0.39, 0.29) is 23.4 Å². The molecule has 1 fully saturated rings. The quantitative estimate of drug-likeness (QED) is 0.260. The summed E-state index contributed by atoms with van der Waals surface area (Å²) in [7, 11) is 0. The number of esters is 1. The van der Waals surface area contributed by atoms with Crippen LogP contribution in [0, 0.1) is 5.41 Å². The Balaban J connectivity index is 0.000000293. The van der Waals surface area contributed by atoms with Gasteiger partial charge in [0.05, 0.1) is 5.41 Å². The second-order valence-electron chi connectivity index (χ2n) is 11.9. The van der Waals surface area contributed by atoms with E-state index in [2.05, 4.69) is 20.9 Å². The first-order valence-electron chi connectivity index (χ1n) is 13.4. The summed E-state index contributed by atoms with van der Waals surface area (Å²) in [6.07, 6.45) is 4.83. The third-order valence-corrected chi connectivity index (χ3v) is 7.07. The lowest BCUT2D eigenvalue weighted by atomic mass is 9.93. The number of hydrogen-bond acceptors (Lipinski definition) is 5. The minimum Gasteiger partial charge on any atom is -0.444 e. The molecule has 2 aromatic rings. The minimum atomic E-state index is -0.554. The summed E-state index contributed by atoms with van der Waals surface area (Å²) in [4.78, 5) is 29.1. The van der Waals surface area contributed by atoms with Crippen LogP contribution in [0.1, 0.15) is 83.9 Å². The van der Waals surface area contributed by atoms with Gasteiger partial charge >= 0.3 is 12.1 Å². The molecule has 4 rings (SSSR count). The summed E-state index contributed by atoms with van der Waals surface area (Å²) >= 11 is 3.72. The van der Waals surface area contributed by atoms with Gasteiger partial charge in [0.25, 0.3) is 0 Å². The van der Waals surface area contributed by atoms with Crippen LogP contribution in [0.2, 0.25) is 0 Å². The van der Waals surface area contributed by atoms with Gasteiger partial charge in [-0.15, -0.1) is 0 Å². The van der Waals surface area contributed by atoms with Crippen molar-refractivity contribution in [2.75, 3.05) is 13.1 Å². The fourth-order valence-corrected chi connectivity index (χ4v) is 4.98. The summed E-state index contributed by atoms with van der Waals surface area (Å²) in [5, 5.41) is 0. The van der Waals surface area contributed by atoms with Crippen molar-refractivity contribution in [3.05, 3.63) is 63.6 Å². The van der Waals surface area contributed by atoms with E-state index in [1.807, 2.05) is 71.9 Å². The van der Waals surface area contributed by atoms with E-state index >= 15 is 0 Å². The highest BCUT2D eigenvalue weighted by Gasteiger charge is 2.25. The van der Waals surface area contributed by atoms with E-state index in [0.29, 0.717) is 5.75 Å². The molecule has 0 bridgehead atoms. The van der Waals surface area contributed by atoms with Crippen LogP contribution in [0.3, 0.4) is 0 Å². The number of halogens is 2. The van der Waals surface area contributed by atoms with E-state index in [1.165, 1.54) is 0 Å². The average molecular weight is 605 g/mol. The summed E-state index contributed by atoms with van der Waals surface area (Å²) < 4.78 is 24.2. The molecular formula is C31H39BrFNO5. The van der Waals surface area contributed by atoms with Gasteiger partial charge in [0.1, 0.15) is 11.4 Å². The number of aryl methyl sites for hydroxylation is 1. The van der Waals surface area contributed by atoms with Gasteiger partial charge < -0.3 is 14.4 Å². The van der Waals surface area contributed by atoms with Crippen LogP contribution in [0.15, 0.2) is 46.9 Å². The number of carbonyl (C=O) groups excluding carboxylic acids is 2. The fraction of sp³-hybridized carbons (Fsp3) is 0.484. The summed E-state index contributed by atoms with van der Waals surface area (Å²) in [5.41, 5.74) is 3.35. The summed E-state index contributed by atoms with van der Waals surface area (Å²) in [6.45, 7) is 12.9. The SMILES string of the molecule is CC(C)(C)C(=O)Oc1ccc2c(c1)CCCC(Br)=C2c1ccc(OF)cc1.CC(C)(C)OC(=O)N1CCCC1. The third kappa shape index (κ3) is 8.82. The van der Waals surface area contributed by atoms with Crippen LogP contribution in [0.25, 0.3) is 5.57 Å². The highest BCUT2D eigenvalue weighted by molar-refractivity contribution is 9.11. The Hall–Kier alpha value is -2.87. The second-order valence-corrected chi connectivity index (χ2v) is 12.8. The van der Waals surface area contributed by atoms with Crippen molar-refractivity contribution in [1.82, 2.24) is 4.90 Å². The number of ether oxygens (including phenoxy) is 2. The molecule has 1 aliphatic carbocycles. The van der Waals surface area contributed by atoms with Crippen molar-refractivity contribution in [2.45, 2.75) is 79.2 Å². The number of fused-ring (bicyclic) bond motifs is 1. The van der Waals surface area contributed by atoms with Gasteiger partial charge in [0.15, 0.2) is 5.75 Å². The Morgan fingerprint density at radius 2 is 1.49 bits per heavy atom. The molecule has 0 spiro atoms. The maximum absolute atomic E-state index is 12.3. The van der Waals surface area contributed by atoms with Gasteiger partial charge in [-0.05, 0) is 120 Å². The molecule has 2 aromatic carbocycles. The molecule has 1 heterocycles. The fourth-order valence-electron chi connectivity index (χ4n) is 4.26. The molecule has 39 heavy (non-hydrogen) atoms. The number of rotatable bonds is 3. The van der Waals surface area contributed by atoms with Crippen molar-refractivity contribution in [1.29, 1.82) is 0 Å². The average Bonchev–Trinajstić information content (AvgIpc) is 3.35. The van der Waals surface area contributed by atoms with Crippen LogP contribution >= 0.6 is 15.9 Å². The molecule has 0 aromatic heterocycles. The van der Waals surface area contributed by atoms with E-state index < -0.39 is 5.41 Å². The second kappa shape index (κ2) is 13.0. The van der Waals surface area contributed by atoms with E-state index in [1.54, 1.807) is 17.0 Å². The molecule has 8 heteroatoms. The minimum absolute atomic E-state index is 0.167. The monoisotopic (exact) mass is 603 g/mol. The van der Waals surface area contributed by atoms with E-state index in [0.717, 1.165) is 71.9 Å². The van der Waals surface area contributed by atoms with E-state index in [4.69, 9.17) is 9.47 Å². The summed E-state index contributed by atoms with van der Waals surface area (Å²) in [5.74, 6) is 0.482. The zero-order valence-electron chi connectivity index (χ0n) is 23.7. The number of nitrogens with zero attached hydrogens (tertiary/aromatic N) is 1. The molecular weight excluding hydrogens is 565 g/mol. The largest absolute Gasteiger partial charge is 0.444 e. The van der Waals surface area contributed by atoms with Crippen LogP contribution in [0.5, 0.6) is 11.5 Å². The zero-order chi connectivity index (χ0) is 28.8. The van der Waals surface area contributed by atoms with Crippen LogP contribution < -0.4 is 9.68 Å². The predicted molar refractivity (Wildman–Crippen MR) is 155 cm³/mol. The Kier molecular flexibility index (Phi) is 10.2. The smallest absolute Gasteiger partial charge is 0.410 e. The number of likely N-dealkylation sites (tertiary alicyclic amines) is 1. The number of hydrogen-bond donors (Lipinski definition) is 0. The van der Waals surface area contributed by atoms with Crippen molar-refractivity contribution in [3.63, 3.8) is 0 Å². The summed E-state index contributed by atoms with van der Waals surface area (Å²) in [6, 6.07) is 12.7. The Morgan fingerprint density at radius 1 is 0.872 bits per heavy atom. The topological polar surface area (TPSA) is 65.1 Å². The first-order valence-corrected chi connectivity index (χ1v) is 14.2. The number of benzene rings is 2. The number of allylic oxidation sites excluding steroid dienone is 1. The number of carbonyl (C=O) groups is 2. The van der Waals surface area contributed by atoms with Gasteiger partial charge in [-0.2, -0.15) is 0 Å². The van der Waals surface area contributed by atoms with E-state index in [9.17, 15) is 14.1 Å².